The Kier molecular flexibility index (Phi) is 8.22. The Morgan fingerprint density at radius 3 is 0.972 bits per heavy atom. The van der Waals surface area contributed by atoms with Gasteiger partial charge in [0.1, 0.15) is 0 Å². The molecular weight excluding hydrogens is 598 g/mol. The summed E-state index contributed by atoms with van der Waals surface area (Å²) in [4.78, 5) is 0. The number of hydrogen-bond donors (Lipinski definition) is 0. The molecule has 0 saturated heterocycles. The van der Waals surface area contributed by atoms with Crippen molar-refractivity contribution >= 4 is 83.3 Å². The van der Waals surface area contributed by atoms with E-state index in [4.69, 9.17) is 0 Å². The average molecular weight is 647 g/mol. The van der Waals surface area contributed by atoms with Crippen molar-refractivity contribution in [2.24, 2.45) is 0 Å². The van der Waals surface area contributed by atoms with E-state index in [2.05, 4.69) is 119 Å². The Bertz CT molecular complexity index is 1220. The van der Waals surface area contributed by atoms with E-state index < -0.39 is 16.1 Å². The molecule has 0 aliphatic heterocycles. The average Bonchev–Trinajstić information content (AvgIpc) is 3.37. The van der Waals surface area contributed by atoms with Crippen LogP contribution in [0.5, 0.6) is 0 Å². The molecule has 4 rings (SSSR count). The third kappa shape index (κ3) is 4.09. The molecule has 2 aromatic heterocycles. The fourth-order valence-electron chi connectivity index (χ4n) is 8.53. The van der Waals surface area contributed by atoms with Gasteiger partial charge in [0.05, 0.1) is 0 Å². The normalized spacial score (nSPS) is 13.9. The summed E-state index contributed by atoms with van der Waals surface area (Å²) in [6.07, 6.45) is 0. The molecule has 36 heavy (non-hydrogen) atoms. The second-order valence-corrected chi connectivity index (χ2v) is 30.9. The summed E-state index contributed by atoms with van der Waals surface area (Å²) >= 11 is 0.921. The SMILES string of the molecule is CC(C)[Si](c1cc2ccc3c(ccc4cc([Si](C(C)C)(C(C)C)C(C)C)[se]c43)c2[se]1)(C(C)C)C(C)C. The van der Waals surface area contributed by atoms with E-state index in [0.717, 1.165) is 33.2 Å². The topological polar surface area (TPSA) is 0 Å². The molecule has 2 aromatic carbocycles. The van der Waals surface area contributed by atoms with Crippen LogP contribution in [0.15, 0.2) is 36.4 Å². The zero-order chi connectivity index (χ0) is 26.7. The van der Waals surface area contributed by atoms with Gasteiger partial charge in [-0.15, -0.1) is 0 Å². The van der Waals surface area contributed by atoms with Crippen LogP contribution in [0.25, 0.3) is 30.1 Å². The van der Waals surface area contributed by atoms with E-state index in [-0.39, 0.29) is 0 Å². The molecule has 4 heteroatoms. The van der Waals surface area contributed by atoms with E-state index in [1.54, 1.807) is 19.3 Å². The standard InChI is InChI=1S/C32H48Se2Si2/c1-19(2)35(20(3)4,21(5)6)29-17-25-13-15-28-27(31(25)33-29)16-14-26-18-30(34-32(26)28)36(22(7)8,23(9)10)24(11)12/h13-24H,1-12H3. The van der Waals surface area contributed by atoms with Gasteiger partial charge in [-0.1, -0.05) is 0 Å². The Morgan fingerprint density at radius 1 is 0.444 bits per heavy atom. The predicted molar refractivity (Wildman–Crippen MR) is 174 cm³/mol. The Balaban J connectivity index is 1.99. The number of benzene rings is 2. The van der Waals surface area contributed by atoms with Crippen LogP contribution in [-0.2, 0) is 0 Å². The molecule has 0 N–H and O–H groups in total. The van der Waals surface area contributed by atoms with Crippen LogP contribution in [-0.4, -0.2) is 45.2 Å². The molecule has 0 nitrogen and oxygen atoms in total. The second-order valence-electron chi connectivity index (χ2n) is 13.1. The van der Waals surface area contributed by atoms with Crippen LogP contribution in [0.1, 0.15) is 83.1 Å². The van der Waals surface area contributed by atoms with Gasteiger partial charge in [0.25, 0.3) is 0 Å². The fourth-order valence-corrected chi connectivity index (χ4v) is 37.2. The zero-order valence-corrected chi connectivity index (χ0v) is 30.2. The van der Waals surface area contributed by atoms with Gasteiger partial charge in [0.2, 0.25) is 0 Å². The first-order valence-corrected chi connectivity index (χ1v) is 22.1. The maximum atomic E-state index is 2.66. The van der Waals surface area contributed by atoms with Gasteiger partial charge < -0.3 is 0 Å². The molecule has 0 atom stereocenters. The van der Waals surface area contributed by atoms with Gasteiger partial charge in [0, 0.05) is 0 Å². The van der Waals surface area contributed by atoms with E-state index in [9.17, 15) is 0 Å². The predicted octanol–water partition coefficient (Wildman–Crippen LogP) is 9.03. The van der Waals surface area contributed by atoms with Gasteiger partial charge in [0.15, 0.2) is 0 Å². The maximum absolute atomic E-state index is 2.66. The summed E-state index contributed by atoms with van der Waals surface area (Å²) in [7, 11) is -3.17. The van der Waals surface area contributed by atoms with Crippen molar-refractivity contribution in [3.63, 3.8) is 0 Å². The van der Waals surface area contributed by atoms with Crippen LogP contribution >= 0.6 is 0 Å². The molecule has 0 unspecified atom stereocenters. The summed E-state index contributed by atoms with van der Waals surface area (Å²) in [5.74, 6) is 0. The van der Waals surface area contributed by atoms with E-state index in [1.807, 2.05) is 8.12 Å². The molecule has 0 radical (unpaired) electrons. The fraction of sp³-hybridized carbons (Fsp3) is 0.562. The molecule has 0 bridgehead atoms. The van der Waals surface area contributed by atoms with Crippen molar-refractivity contribution in [1.82, 2.24) is 0 Å². The molecule has 4 aromatic rings. The van der Waals surface area contributed by atoms with E-state index >= 15 is 0 Å². The molecule has 196 valence electrons. The molecule has 0 aliphatic rings. The van der Waals surface area contributed by atoms with Crippen LogP contribution < -0.4 is 8.12 Å². The number of hydrogen-bond acceptors (Lipinski definition) is 0. The zero-order valence-electron chi connectivity index (χ0n) is 24.7. The van der Waals surface area contributed by atoms with Gasteiger partial charge in [-0.25, -0.2) is 0 Å². The summed E-state index contributed by atoms with van der Waals surface area (Å²) in [5, 5.41) is 6.20. The van der Waals surface area contributed by atoms with Crippen molar-refractivity contribution in [3.8, 4) is 0 Å². The third-order valence-corrected chi connectivity index (χ3v) is 32.9. The van der Waals surface area contributed by atoms with Crippen LogP contribution in [0.3, 0.4) is 0 Å². The molecule has 0 spiro atoms. The summed E-state index contributed by atoms with van der Waals surface area (Å²) in [5.41, 5.74) is 4.70. The van der Waals surface area contributed by atoms with Crippen molar-refractivity contribution in [2.45, 2.75) is 116 Å². The molecule has 0 amide bonds. The van der Waals surface area contributed by atoms with Gasteiger partial charge in [-0.3, -0.25) is 0 Å². The molecule has 0 aliphatic carbocycles. The van der Waals surface area contributed by atoms with Crippen molar-refractivity contribution in [3.05, 3.63) is 36.4 Å². The first-order valence-electron chi connectivity index (χ1n) is 14.2. The Labute approximate surface area is 234 Å². The quantitative estimate of drug-likeness (QED) is 0.168. The van der Waals surface area contributed by atoms with E-state index in [0.29, 0.717) is 29.0 Å². The van der Waals surface area contributed by atoms with Gasteiger partial charge in [-0.2, -0.15) is 0 Å². The van der Waals surface area contributed by atoms with Crippen LogP contribution in [0.4, 0.5) is 0 Å². The summed E-state index contributed by atoms with van der Waals surface area (Å²) in [6.45, 7) is 30.2. The summed E-state index contributed by atoms with van der Waals surface area (Å²) in [6, 6.07) is 15.3. The van der Waals surface area contributed by atoms with Gasteiger partial charge in [-0.05, 0) is 0 Å². The first-order chi connectivity index (χ1) is 16.8. The minimum atomic E-state index is -1.59. The second kappa shape index (κ2) is 10.3. The van der Waals surface area contributed by atoms with Crippen molar-refractivity contribution < 1.29 is 0 Å². The Hall–Kier alpha value is -0.347. The molecule has 0 fully saturated rings. The monoisotopic (exact) mass is 648 g/mol. The van der Waals surface area contributed by atoms with Crippen LogP contribution in [0, 0.1) is 0 Å². The molecular formula is C32H48Se2Si2. The first kappa shape index (κ1) is 28.7. The minimum absolute atomic E-state index is 0.461. The van der Waals surface area contributed by atoms with Crippen molar-refractivity contribution in [2.75, 3.05) is 0 Å². The third-order valence-electron chi connectivity index (χ3n) is 9.75. The molecule has 0 saturated carbocycles. The molecule has 2 heterocycles. The number of rotatable bonds is 8. The number of fused-ring (bicyclic) bond motifs is 5. The van der Waals surface area contributed by atoms with E-state index in [1.165, 1.54) is 10.8 Å². The van der Waals surface area contributed by atoms with Crippen LogP contribution in [0.2, 0.25) is 33.2 Å². The van der Waals surface area contributed by atoms with Gasteiger partial charge >= 0.3 is 236 Å². The Morgan fingerprint density at radius 2 is 0.722 bits per heavy atom. The van der Waals surface area contributed by atoms with Crippen molar-refractivity contribution in [1.29, 1.82) is 0 Å². The summed E-state index contributed by atoms with van der Waals surface area (Å²) < 4.78 is 7.10.